The highest BCUT2D eigenvalue weighted by Gasteiger charge is 2.13. The van der Waals surface area contributed by atoms with E-state index in [2.05, 4.69) is 20.9 Å². The summed E-state index contributed by atoms with van der Waals surface area (Å²) in [5.74, 6) is -0.992. The molecule has 0 saturated carbocycles. The Labute approximate surface area is 135 Å². The van der Waals surface area contributed by atoms with Crippen molar-refractivity contribution < 1.29 is 8.78 Å². The molecule has 0 spiro atoms. The van der Waals surface area contributed by atoms with Crippen LogP contribution in [0, 0.1) is 25.5 Å². The highest BCUT2D eigenvalue weighted by molar-refractivity contribution is 9.10. The van der Waals surface area contributed by atoms with Crippen molar-refractivity contribution in [3.05, 3.63) is 69.1 Å². The van der Waals surface area contributed by atoms with E-state index in [-0.39, 0.29) is 5.56 Å². The minimum atomic E-state index is -0.496. The number of hydrogen-bond acceptors (Lipinski definition) is 1. The molecule has 0 unspecified atom stereocenters. The average Bonchev–Trinajstić information content (AvgIpc) is 2.74. The lowest BCUT2D eigenvalue weighted by Crippen LogP contribution is -2.01. The molecule has 0 aliphatic rings. The first kappa shape index (κ1) is 15.2. The molecule has 22 heavy (non-hydrogen) atoms. The van der Waals surface area contributed by atoms with Crippen molar-refractivity contribution in [3.63, 3.8) is 0 Å². The van der Waals surface area contributed by atoms with Gasteiger partial charge in [-0.05, 0) is 65.9 Å². The van der Waals surface area contributed by atoms with E-state index in [4.69, 9.17) is 0 Å². The summed E-state index contributed by atoms with van der Waals surface area (Å²) in [5.41, 5.74) is 3.91. The third-order valence-corrected chi connectivity index (χ3v) is 4.70. The van der Waals surface area contributed by atoms with Gasteiger partial charge in [0.25, 0.3) is 0 Å². The van der Waals surface area contributed by atoms with Gasteiger partial charge in [0.15, 0.2) is 0 Å². The maximum Gasteiger partial charge on any atom is 0.141 e. The number of pyridine rings is 1. The summed E-state index contributed by atoms with van der Waals surface area (Å²) < 4.78 is 30.4. The molecule has 0 saturated heterocycles. The summed E-state index contributed by atoms with van der Waals surface area (Å²) in [4.78, 5) is 4.54. The zero-order chi connectivity index (χ0) is 15.9. The van der Waals surface area contributed by atoms with Gasteiger partial charge in [-0.15, -0.1) is 0 Å². The Morgan fingerprint density at radius 3 is 2.50 bits per heavy atom. The second kappa shape index (κ2) is 5.80. The molecule has 2 heterocycles. The van der Waals surface area contributed by atoms with Gasteiger partial charge in [0.05, 0.1) is 5.69 Å². The largest absolute Gasteiger partial charge is 0.293 e. The molecule has 1 aromatic carbocycles. The summed E-state index contributed by atoms with van der Waals surface area (Å²) in [6.07, 6.45) is 2.83. The van der Waals surface area contributed by atoms with E-state index in [0.717, 1.165) is 27.1 Å². The molecule has 0 amide bonds. The minimum Gasteiger partial charge on any atom is -0.293 e. The van der Waals surface area contributed by atoms with Crippen LogP contribution in [0.2, 0.25) is 0 Å². The Bertz CT molecular complexity index is 835. The summed E-state index contributed by atoms with van der Waals surface area (Å²) >= 11 is 3.52. The number of benzene rings is 1. The van der Waals surface area contributed by atoms with Crippen LogP contribution in [0.5, 0.6) is 0 Å². The van der Waals surface area contributed by atoms with Crippen LogP contribution in [0.25, 0.3) is 5.65 Å². The minimum absolute atomic E-state index is 0.129. The fraction of sp³-hybridized carbons (Fsp3) is 0.235. The predicted octanol–water partition coefficient (Wildman–Crippen LogP) is 4.78. The third kappa shape index (κ3) is 2.65. The molecule has 0 aliphatic carbocycles. The molecular weight excluding hydrogens is 350 g/mol. The van der Waals surface area contributed by atoms with Gasteiger partial charge in [-0.1, -0.05) is 12.1 Å². The predicted molar refractivity (Wildman–Crippen MR) is 86.1 cm³/mol. The van der Waals surface area contributed by atoms with E-state index >= 15 is 0 Å². The summed E-state index contributed by atoms with van der Waals surface area (Å²) in [5, 5.41) is 0. The summed E-state index contributed by atoms with van der Waals surface area (Å²) in [7, 11) is 0. The Kier molecular flexibility index (Phi) is 4.00. The fourth-order valence-corrected chi connectivity index (χ4v) is 3.02. The van der Waals surface area contributed by atoms with Crippen molar-refractivity contribution in [3.8, 4) is 0 Å². The smallest absolute Gasteiger partial charge is 0.141 e. The van der Waals surface area contributed by atoms with Gasteiger partial charge < -0.3 is 0 Å². The monoisotopic (exact) mass is 364 g/mol. The Morgan fingerprint density at radius 2 is 1.82 bits per heavy atom. The van der Waals surface area contributed by atoms with Crippen molar-refractivity contribution in [2.24, 2.45) is 0 Å². The normalized spacial score (nSPS) is 11.3. The molecule has 2 aromatic heterocycles. The first-order chi connectivity index (χ1) is 10.5. The third-order valence-electron chi connectivity index (χ3n) is 3.74. The maximum atomic E-state index is 13.7. The van der Waals surface area contributed by atoms with Crippen LogP contribution in [0.4, 0.5) is 8.78 Å². The van der Waals surface area contributed by atoms with Crippen molar-refractivity contribution in [2.75, 3.05) is 0 Å². The molecule has 3 rings (SSSR count). The lowest BCUT2D eigenvalue weighted by atomic mass is 10.0. The molecule has 3 aromatic rings. The van der Waals surface area contributed by atoms with Gasteiger partial charge in [0, 0.05) is 11.8 Å². The molecule has 114 valence electrons. The van der Waals surface area contributed by atoms with Crippen molar-refractivity contribution in [1.82, 2.24) is 9.38 Å². The van der Waals surface area contributed by atoms with Crippen LogP contribution in [0.3, 0.4) is 0 Å². The number of hydrogen-bond donors (Lipinski definition) is 0. The van der Waals surface area contributed by atoms with Crippen molar-refractivity contribution in [2.45, 2.75) is 26.7 Å². The molecule has 5 heteroatoms. The fourth-order valence-electron chi connectivity index (χ4n) is 2.67. The number of halogens is 3. The maximum absolute atomic E-state index is 13.7. The molecule has 0 radical (unpaired) electrons. The highest BCUT2D eigenvalue weighted by atomic mass is 79.9. The lowest BCUT2D eigenvalue weighted by Gasteiger charge is -2.08. The molecule has 0 bridgehead atoms. The van der Waals surface area contributed by atoms with Gasteiger partial charge >= 0.3 is 0 Å². The Morgan fingerprint density at radius 1 is 1.14 bits per heavy atom. The molecule has 0 fully saturated rings. The zero-order valence-electron chi connectivity index (χ0n) is 12.3. The standard InChI is InChI=1S/C17H15BrF2N2/c1-10-8-12(17-21-11(2)16(18)22(17)9-10)6-7-13-14(19)4-3-5-15(13)20/h3-5,8-9H,6-7H2,1-2H3. The molecule has 0 N–H and O–H groups in total. The van der Waals surface area contributed by atoms with E-state index in [1.807, 2.05) is 30.5 Å². The van der Waals surface area contributed by atoms with E-state index < -0.39 is 11.6 Å². The first-order valence-electron chi connectivity index (χ1n) is 7.04. The van der Waals surface area contributed by atoms with E-state index in [9.17, 15) is 8.78 Å². The number of aryl methyl sites for hydroxylation is 3. The van der Waals surface area contributed by atoms with Crippen molar-refractivity contribution in [1.29, 1.82) is 0 Å². The van der Waals surface area contributed by atoms with Crippen LogP contribution >= 0.6 is 15.9 Å². The molecule has 2 nitrogen and oxygen atoms in total. The SMILES string of the molecule is Cc1cc(CCc2c(F)cccc2F)c2nc(C)c(Br)n2c1. The summed E-state index contributed by atoms with van der Waals surface area (Å²) in [6, 6.07) is 5.99. The number of nitrogens with zero attached hydrogens (tertiary/aromatic N) is 2. The van der Waals surface area contributed by atoms with Gasteiger partial charge in [0.1, 0.15) is 21.9 Å². The quantitative estimate of drug-likeness (QED) is 0.653. The molecule has 0 aliphatic heterocycles. The van der Waals surface area contributed by atoms with E-state index in [1.54, 1.807) is 0 Å². The second-order valence-corrected chi connectivity index (χ2v) is 6.18. The zero-order valence-corrected chi connectivity index (χ0v) is 13.9. The topological polar surface area (TPSA) is 17.3 Å². The van der Waals surface area contributed by atoms with Crippen LogP contribution in [-0.4, -0.2) is 9.38 Å². The van der Waals surface area contributed by atoms with Gasteiger partial charge in [-0.3, -0.25) is 4.40 Å². The van der Waals surface area contributed by atoms with Crippen LogP contribution < -0.4 is 0 Å². The Hall–Kier alpha value is -1.75. The van der Waals surface area contributed by atoms with E-state index in [1.165, 1.54) is 18.2 Å². The Balaban J connectivity index is 1.99. The van der Waals surface area contributed by atoms with Crippen LogP contribution in [0.15, 0.2) is 35.1 Å². The molecule has 0 atom stereocenters. The number of fused-ring (bicyclic) bond motifs is 1. The number of imidazole rings is 1. The van der Waals surface area contributed by atoms with Crippen molar-refractivity contribution >= 4 is 21.6 Å². The van der Waals surface area contributed by atoms with Gasteiger partial charge in [-0.2, -0.15) is 0 Å². The highest BCUT2D eigenvalue weighted by Crippen LogP contribution is 2.24. The average molecular weight is 365 g/mol. The van der Waals surface area contributed by atoms with Crippen LogP contribution in [-0.2, 0) is 12.8 Å². The summed E-state index contributed by atoms with van der Waals surface area (Å²) in [6.45, 7) is 3.92. The molecular formula is C17H15BrF2N2. The van der Waals surface area contributed by atoms with Crippen LogP contribution in [0.1, 0.15) is 22.4 Å². The lowest BCUT2D eigenvalue weighted by molar-refractivity contribution is 0.554. The van der Waals surface area contributed by atoms with Gasteiger partial charge in [-0.25, -0.2) is 13.8 Å². The first-order valence-corrected chi connectivity index (χ1v) is 7.83. The second-order valence-electron chi connectivity index (χ2n) is 5.42. The van der Waals surface area contributed by atoms with E-state index in [0.29, 0.717) is 12.8 Å². The van der Waals surface area contributed by atoms with Gasteiger partial charge in [0.2, 0.25) is 0 Å². The number of aromatic nitrogens is 2. The number of rotatable bonds is 3.